The van der Waals surface area contributed by atoms with E-state index < -0.39 is 5.54 Å². The average Bonchev–Trinajstić information content (AvgIpc) is 3.42. The molecule has 0 atom stereocenters. The molecule has 3 aromatic carbocycles. The first-order valence-corrected chi connectivity index (χ1v) is 13.4. The van der Waals surface area contributed by atoms with E-state index in [-0.39, 0.29) is 11.8 Å². The van der Waals surface area contributed by atoms with Gasteiger partial charge in [-0.15, -0.1) is 11.3 Å². The molecule has 3 N–H and O–H groups in total. The molecule has 0 aliphatic rings. The number of nitrogens with zero attached hydrogens (tertiary/aromatic N) is 1. The predicted molar refractivity (Wildman–Crippen MR) is 150 cm³/mol. The number of aromatic nitrogens is 1. The van der Waals surface area contributed by atoms with Crippen LogP contribution < -0.4 is 16.0 Å². The molecule has 2 amide bonds. The van der Waals surface area contributed by atoms with Crippen LogP contribution in [0.25, 0.3) is 0 Å². The summed E-state index contributed by atoms with van der Waals surface area (Å²) >= 11 is 1.25. The summed E-state index contributed by atoms with van der Waals surface area (Å²) in [5, 5.41) is 11.3. The lowest BCUT2D eigenvalue weighted by atomic mass is 9.77. The summed E-state index contributed by atoms with van der Waals surface area (Å²) in [5.74, 6) is -0.347. The minimum atomic E-state index is -0.478. The van der Waals surface area contributed by atoms with Crippen LogP contribution in [-0.2, 0) is 10.3 Å². The second-order valence-electron chi connectivity index (χ2n) is 8.75. The van der Waals surface area contributed by atoms with E-state index in [9.17, 15) is 9.59 Å². The van der Waals surface area contributed by atoms with Crippen molar-refractivity contribution in [2.45, 2.75) is 31.2 Å². The van der Waals surface area contributed by atoms with Crippen molar-refractivity contribution in [2.75, 3.05) is 18.9 Å². The maximum Gasteiger partial charge on any atom is 0.270 e. The van der Waals surface area contributed by atoms with E-state index in [0.717, 1.165) is 25.8 Å². The molecular weight excluding hydrogens is 480 g/mol. The number of hydrogen-bond acceptors (Lipinski definition) is 5. The Morgan fingerprint density at radius 1 is 0.784 bits per heavy atom. The highest BCUT2D eigenvalue weighted by atomic mass is 32.1. The van der Waals surface area contributed by atoms with Crippen LogP contribution >= 0.6 is 11.3 Å². The van der Waals surface area contributed by atoms with Crippen molar-refractivity contribution in [1.82, 2.24) is 15.6 Å². The van der Waals surface area contributed by atoms with Gasteiger partial charge in [0, 0.05) is 18.8 Å². The van der Waals surface area contributed by atoms with Crippen LogP contribution in [0.15, 0.2) is 96.4 Å². The number of amides is 2. The first-order valence-electron chi connectivity index (χ1n) is 12.5. The second kappa shape index (κ2) is 12.9. The van der Waals surface area contributed by atoms with Gasteiger partial charge in [-0.2, -0.15) is 0 Å². The third-order valence-electron chi connectivity index (χ3n) is 6.30. The van der Waals surface area contributed by atoms with E-state index in [2.05, 4.69) is 93.7 Å². The molecule has 0 bridgehead atoms. The molecule has 0 aliphatic heterocycles. The van der Waals surface area contributed by atoms with Gasteiger partial charge in [0.1, 0.15) is 5.69 Å². The molecule has 0 radical (unpaired) electrons. The highest BCUT2D eigenvalue weighted by Crippen LogP contribution is 2.36. The molecule has 7 heteroatoms. The number of rotatable bonds is 12. The van der Waals surface area contributed by atoms with Crippen molar-refractivity contribution < 1.29 is 9.59 Å². The molecule has 37 heavy (non-hydrogen) atoms. The minimum Gasteiger partial charge on any atom is -0.354 e. The second-order valence-corrected chi connectivity index (χ2v) is 9.61. The number of anilines is 1. The van der Waals surface area contributed by atoms with Gasteiger partial charge >= 0.3 is 0 Å². The molecular formula is C30H32N4O2S. The molecule has 0 saturated heterocycles. The third kappa shape index (κ3) is 6.50. The van der Waals surface area contributed by atoms with Crippen molar-refractivity contribution in [3.05, 3.63) is 119 Å². The number of thiazole rings is 1. The SMILES string of the molecule is CNC(=O)c1csc(NC(=O)CCCCCNC(c2ccccc2)(c2ccccc2)c2ccccc2)n1. The normalized spacial score (nSPS) is 11.2. The Morgan fingerprint density at radius 2 is 1.32 bits per heavy atom. The Hall–Kier alpha value is -3.81. The van der Waals surface area contributed by atoms with Gasteiger partial charge in [0.15, 0.2) is 5.13 Å². The van der Waals surface area contributed by atoms with Crippen LogP contribution in [0.4, 0.5) is 5.13 Å². The Labute approximate surface area is 222 Å². The fourth-order valence-corrected chi connectivity index (χ4v) is 5.19. The van der Waals surface area contributed by atoms with Gasteiger partial charge in [0.05, 0.1) is 5.54 Å². The van der Waals surface area contributed by atoms with Crippen molar-refractivity contribution in [1.29, 1.82) is 0 Å². The van der Waals surface area contributed by atoms with Crippen LogP contribution in [-0.4, -0.2) is 30.4 Å². The number of carbonyl (C=O) groups excluding carboxylic acids is 2. The molecule has 4 rings (SSSR count). The number of benzene rings is 3. The minimum absolute atomic E-state index is 0.0852. The molecule has 0 fully saturated rings. The zero-order valence-electron chi connectivity index (χ0n) is 20.9. The van der Waals surface area contributed by atoms with Crippen LogP contribution in [0.5, 0.6) is 0 Å². The Balaban J connectivity index is 1.37. The highest BCUT2D eigenvalue weighted by molar-refractivity contribution is 7.14. The Kier molecular flexibility index (Phi) is 9.18. The van der Waals surface area contributed by atoms with Crippen LogP contribution in [0.3, 0.4) is 0 Å². The molecule has 1 heterocycles. The highest BCUT2D eigenvalue weighted by Gasteiger charge is 2.35. The smallest absolute Gasteiger partial charge is 0.270 e. The number of unbranched alkanes of at least 4 members (excludes halogenated alkanes) is 2. The summed E-state index contributed by atoms with van der Waals surface area (Å²) in [6.07, 6.45) is 3.03. The molecule has 0 saturated carbocycles. The first-order chi connectivity index (χ1) is 18.1. The summed E-state index contributed by atoms with van der Waals surface area (Å²) in [4.78, 5) is 28.1. The topological polar surface area (TPSA) is 83.1 Å². The lowest BCUT2D eigenvalue weighted by molar-refractivity contribution is -0.116. The van der Waals surface area contributed by atoms with Gasteiger partial charge in [-0.25, -0.2) is 4.98 Å². The lowest BCUT2D eigenvalue weighted by Gasteiger charge is -2.37. The van der Waals surface area contributed by atoms with Gasteiger partial charge in [0.25, 0.3) is 5.91 Å². The molecule has 1 aromatic heterocycles. The van der Waals surface area contributed by atoms with Crippen LogP contribution in [0.1, 0.15) is 52.9 Å². The summed E-state index contributed by atoms with van der Waals surface area (Å²) in [6, 6.07) is 31.6. The standard InChI is InChI=1S/C30H32N4O2S/c1-31-28(36)26-22-37-29(33-26)34-27(35)20-12-5-13-21-32-30(23-14-6-2-7-15-23,24-16-8-3-9-17-24)25-18-10-4-11-19-25/h2-4,6-11,14-19,22,32H,5,12-13,20-21H2,1H3,(H,31,36)(H,33,34,35). The fraction of sp³-hybridized carbons (Fsp3) is 0.233. The molecule has 0 spiro atoms. The Morgan fingerprint density at radius 3 is 1.84 bits per heavy atom. The first kappa shape index (κ1) is 26.3. The number of hydrogen-bond donors (Lipinski definition) is 3. The summed E-state index contributed by atoms with van der Waals surface area (Å²) < 4.78 is 0. The van der Waals surface area contributed by atoms with Gasteiger partial charge in [-0.05, 0) is 36.1 Å². The summed E-state index contributed by atoms with van der Waals surface area (Å²) in [6.45, 7) is 0.794. The predicted octanol–water partition coefficient (Wildman–Crippen LogP) is 5.58. The lowest BCUT2D eigenvalue weighted by Crippen LogP contribution is -2.45. The van der Waals surface area contributed by atoms with Crippen molar-refractivity contribution in [2.24, 2.45) is 0 Å². The van der Waals surface area contributed by atoms with E-state index in [0.29, 0.717) is 17.2 Å². The third-order valence-corrected chi connectivity index (χ3v) is 7.06. The van der Waals surface area contributed by atoms with Gasteiger partial charge in [-0.1, -0.05) is 97.4 Å². The summed E-state index contributed by atoms with van der Waals surface area (Å²) in [5.41, 5.74) is 3.39. The quantitative estimate of drug-likeness (QED) is 0.171. The van der Waals surface area contributed by atoms with Crippen molar-refractivity contribution >= 4 is 28.3 Å². The number of carbonyl (C=O) groups is 2. The van der Waals surface area contributed by atoms with Crippen molar-refractivity contribution in [3.8, 4) is 0 Å². The fourth-order valence-electron chi connectivity index (χ4n) is 4.48. The largest absolute Gasteiger partial charge is 0.354 e. The van der Waals surface area contributed by atoms with Gasteiger partial charge < -0.3 is 10.6 Å². The van der Waals surface area contributed by atoms with Crippen molar-refractivity contribution in [3.63, 3.8) is 0 Å². The number of nitrogens with one attached hydrogen (secondary N) is 3. The van der Waals surface area contributed by atoms with Gasteiger partial charge in [-0.3, -0.25) is 14.9 Å². The maximum absolute atomic E-state index is 12.3. The molecule has 6 nitrogen and oxygen atoms in total. The van der Waals surface area contributed by atoms with E-state index in [1.807, 2.05) is 18.2 Å². The average molecular weight is 513 g/mol. The maximum atomic E-state index is 12.3. The van der Waals surface area contributed by atoms with E-state index in [4.69, 9.17) is 0 Å². The monoisotopic (exact) mass is 512 g/mol. The van der Waals surface area contributed by atoms with Crippen LogP contribution in [0.2, 0.25) is 0 Å². The summed E-state index contributed by atoms with van der Waals surface area (Å²) in [7, 11) is 1.55. The molecule has 4 aromatic rings. The molecule has 0 aliphatic carbocycles. The van der Waals surface area contributed by atoms with E-state index >= 15 is 0 Å². The zero-order chi connectivity index (χ0) is 25.9. The molecule has 190 valence electrons. The van der Waals surface area contributed by atoms with E-state index in [1.54, 1.807) is 12.4 Å². The zero-order valence-corrected chi connectivity index (χ0v) is 21.8. The van der Waals surface area contributed by atoms with Gasteiger partial charge in [0.2, 0.25) is 5.91 Å². The molecule has 0 unspecified atom stereocenters. The van der Waals surface area contributed by atoms with E-state index in [1.165, 1.54) is 28.0 Å². The van der Waals surface area contributed by atoms with Crippen LogP contribution in [0, 0.1) is 0 Å². The Bertz CT molecular complexity index is 1180.